The fraction of sp³-hybridized carbons (Fsp3) is 0.364. The highest BCUT2D eigenvalue weighted by Crippen LogP contribution is 2.35. The number of nitrogens with two attached hydrogens (primary N) is 1. The number of nitrogens with zero attached hydrogens (tertiary/aromatic N) is 1. The number of primary amides is 1. The minimum Gasteiger partial charge on any atom is -0.493 e. The standard InChI is InChI=1S/C22H23ClF2N2O3/c23-18-3-1-4-19(25)17(18)11-21(29)27-10-2-9-22(13-27,12-20(26)28)14-30-16-7-5-15(24)6-8-16/h1,3-8H,2,9-14H2,(H2,26,28). The summed E-state index contributed by atoms with van der Waals surface area (Å²) in [7, 11) is 0. The first-order valence-corrected chi connectivity index (χ1v) is 10.0. The molecule has 3 rings (SSSR count). The molecule has 1 atom stereocenters. The van der Waals surface area contributed by atoms with Crippen LogP contribution in [0.2, 0.25) is 5.02 Å². The highest BCUT2D eigenvalue weighted by Gasteiger charge is 2.39. The van der Waals surface area contributed by atoms with E-state index in [4.69, 9.17) is 22.1 Å². The van der Waals surface area contributed by atoms with E-state index >= 15 is 0 Å². The van der Waals surface area contributed by atoms with Crippen LogP contribution in [-0.2, 0) is 16.0 Å². The Bertz CT molecular complexity index is 903. The van der Waals surface area contributed by atoms with Crippen molar-refractivity contribution in [1.29, 1.82) is 0 Å². The van der Waals surface area contributed by atoms with Gasteiger partial charge >= 0.3 is 0 Å². The molecule has 1 aliphatic rings. The second-order valence-corrected chi connectivity index (χ2v) is 8.09. The summed E-state index contributed by atoms with van der Waals surface area (Å²) in [6.07, 6.45) is 1.16. The third-order valence-electron chi connectivity index (χ3n) is 5.31. The van der Waals surface area contributed by atoms with Crippen LogP contribution in [0.3, 0.4) is 0 Å². The second-order valence-electron chi connectivity index (χ2n) is 7.68. The molecule has 0 saturated carbocycles. The van der Waals surface area contributed by atoms with Crippen molar-refractivity contribution in [3.05, 3.63) is 64.7 Å². The summed E-state index contributed by atoms with van der Waals surface area (Å²) in [5.41, 5.74) is 4.94. The maximum absolute atomic E-state index is 14.1. The fourth-order valence-corrected chi connectivity index (χ4v) is 4.06. The van der Waals surface area contributed by atoms with Crippen LogP contribution < -0.4 is 10.5 Å². The Labute approximate surface area is 178 Å². The summed E-state index contributed by atoms with van der Waals surface area (Å²) < 4.78 is 33.0. The average molecular weight is 437 g/mol. The zero-order chi connectivity index (χ0) is 21.7. The third kappa shape index (κ3) is 5.48. The summed E-state index contributed by atoms with van der Waals surface area (Å²) in [6, 6.07) is 9.85. The Morgan fingerprint density at radius 3 is 2.57 bits per heavy atom. The van der Waals surface area contributed by atoms with Gasteiger partial charge in [-0.1, -0.05) is 17.7 Å². The first-order valence-electron chi connectivity index (χ1n) is 9.65. The summed E-state index contributed by atoms with van der Waals surface area (Å²) >= 11 is 6.05. The second kappa shape index (κ2) is 9.43. The molecular weight excluding hydrogens is 414 g/mol. The van der Waals surface area contributed by atoms with Gasteiger partial charge in [0, 0.05) is 35.5 Å². The molecule has 1 aliphatic heterocycles. The van der Waals surface area contributed by atoms with E-state index < -0.39 is 17.1 Å². The van der Waals surface area contributed by atoms with E-state index in [0.29, 0.717) is 25.1 Å². The first kappa shape index (κ1) is 22.0. The molecule has 1 fully saturated rings. The van der Waals surface area contributed by atoms with Crippen molar-refractivity contribution in [2.45, 2.75) is 25.7 Å². The summed E-state index contributed by atoms with van der Waals surface area (Å²) in [4.78, 5) is 26.2. The lowest BCUT2D eigenvalue weighted by Crippen LogP contribution is -2.50. The third-order valence-corrected chi connectivity index (χ3v) is 5.67. The molecule has 0 bridgehead atoms. The molecule has 2 N–H and O–H groups in total. The van der Waals surface area contributed by atoms with E-state index in [1.54, 1.807) is 4.90 Å². The molecule has 2 aromatic carbocycles. The largest absolute Gasteiger partial charge is 0.493 e. The minimum atomic E-state index is -0.673. The SMILES string of the molecule is NC(=O)CC1(COc2ccc(F)cc2)CCCN(C(=O)Cc2c(F)cccc2Cl)C1. The summed E-state index contributed by atoms with van der Waals surface area (Å²) in [5, 5.41) is 0.198. The number of halogens is 3. The molecule has 0 aliphatic carbocycles. The van der Waals surface area contributed by atoms with E-state index in [2.05, 4.69) is 0 Å². The molecule has 5 nitrogen and oxygen atoms in total. The number of likely N-dealkylation sites (tertiary alicyclic amines) is 1. The van der Waals surface area contributed by atoms with Gasteiger partial charge in [-0.25, -0.2) is 8.78 Å². The van der Waals surface area contributed by atoms with Gasteiger partial charge in [-0.3, -0.25) is 9.59 Å². The molecule has 2 amide bonds. The smallest absolute Gasteiger partial charge is 0.227 e. The van der Waals surface area contributed by atoms with Crippen LogP contribution in [0.1, 0.15) is 24.8 Å². The number of carbonyl (C=O) groups excluding carboxylic acids is 2. The molecule has 1 heterocycles. The number of benzene rings is 2. The molecule has 2 aromatic rings. The van der Waals surface area contributed by atoms with Crippen LogP contribution in [0.4, 0.5) is 8.78 Å². The molecule has 1 unspecified atom stereocenters. The Morgan fingerprint density at radius 2 is 1.90 bits per heavy atom. The Balaban J connectivity index is 1.73. The van der Waals surface area contributed by atoms with Crippen molar-refractivity contribution < 1.29 is 23.1 Å². The molecule has 0 aromatic heterocycles. The highest BCUT2D eigenvalue weighted by atomic mass is 35.5. The lowest BCUT2D eigenvalue weighted by molar-refractivity contribution is -0.136. The Morgan fingerprint density at radius 1 is 1.17 bits per heavy atom. The van der Waals surface area contributed by atoms with E-state index in [9.17, 15) is 18.4 Å². The van der Waals surface area contributed by atoms with Gasteiger partial charge in [0.05, 0.1) is 13.0 Å². The van der Waals surface area contributed by atoms with Gasteiger partial charge in [0.25, 0.3) is 0 Å². The Hall–Kier alpha value is -2.67. The first-order chi connectivity index (χ1) is 14.3. The molecule has 160 valence electrons. The number of hydrogen-bond acceptors (Lipinski definition) is 3. The monoisotopic (exact) mass is 436 g/mol. The molecular formula is C22H23ClF2N2O3. The number of hydrogen-bond donors (Lipinski definition) is 1. The summed E-state index contributed by atoms with van der Waals surface area (Å²) in [5.74, 6) is -1.23. The van der Waals surface area contributed by atoms with Crippen molar-refractivity contribution in [2.75, 3.05) is 19.7 Å². The van der Waals surface area contributed by atoms with Gasteiger partial charge in [0.1, 0.15) is 17.4 Å². The maximum Gasteiger partial charge on any atom is 0.227 e. The molecule has 1 saturated heterocycles. The van der Waals surface area contributed by atoms with Crippen molar-refractivity contribution in [3.8, 4) is 5.75 Å². The van der Waals surface area contributed by atoms with Crippen molar-refractivity contribution in [2.24, 2.45) is 11.1 Å². The molecule has 0 radical (unpaired) electrons. The van der Waals surface area contributed by atoms with Crippen LogP contribution in [0.15, 0.2) is 42.5 Å². The van der Waals surface area contributed by atoms with Crippen LogP contribution in [-0.4, -0.2) is 36.4 Å². The zero-order valence-electron chi connectivity index (χ0n) is 16.4. The molecule has 0 spiro atoms. The quantitative estimate of drug-likeness (QED) is 0.718. The van der Waals surface area contributed by atoms with Crippen LogP contribution in [0.5, 0.6) is 5.75 Å². The molecule has 30 heavy (non-hydrogen) atoms. The van der Waals surface area contributed by atoms with Crippen molar-refractivity contribution in [3.63, 3.8) is 0 Å². The predicted molar refractivity (Wildman–Crippen MR) is 109 cm³/mol. The van der Waals surface area contributed by atoms with Gasteiger partial charge in [0.15, 0.2) is 0 Å². The van der Waals surface area contributed by atoms with Gasteiger partial charge in [0.2, 0.25) is 11.8 Å². The maximum atomic E-state index is 14.1. The van der Waals surface area contributed by atoms with E-state index in [1.165, 1.54) is 42.5 Å². The Kier molecular flexibility index (Phi) is 6.92. The average Bonchev–Trinajstić information content (AvgIpc) is 2.70. The predicted octanol–water partition coefficient (Wildman–Crippen LogP) is 3.72. The van der Waals surface area contributed by atoms with Gasteiger partial charge in [-0.05, 0) is 49.2 Å². The van der Waals surface area contributed by atoms with Crippen molar-refractivity contribution in [1.82, 2.24) is 4.90 Å². The van der Waals surface area contributed by atoms with Gasteiger partial charge in [-0.2, -0.15) is 0 Å². The number of carbonyl (C=O) groups is 2. The van der Waals surface area contributed by atoms with Gasteiger partial charge in [-0.15, -0.1) is 0 Å². The van der Waals surface area contributed by atoms with Crippen molar-refractivity contribution >= 4 is 23.4 Å². The fourth-order valence-electron chi connectivity index (χ4n) is 3.84. The lowest BCUT2D eigenvalue weighted by Gasteiger charge is -2.42. The van der Waals surface area contributed by atoms with E-state index in [-0.39, 0.29) is 48.3 Å². The highest BCUT2D eigenvalue weighted by molar-refractivity contribution is 6.31. The van der Waals surface area contributed by atoms with Gasteiger partial charge < -0.3 is 15.4 Å². The summed E-state index contributed by atoms with van der Waals surface area (Å²) in [6.45, 7) is 0.885. The lowest BCUT2D eigenvalue weighted by atomic mass is 9.77. The number of ether oxygens (including phenoxy) is 1. The zero-order valence-corrected chi connectivity index (χ0v) is 17.1. The topological polar surface area (TPSA) is 72.6 Å². The van der Waals surface area contributed by atoms with E-state index in [0.717, 1.165) is 0 Å². The minimum absolute atomic E-state index is 0.0401. The van der Waals surface area contributed by atoms with Crippen LogP contribution in [0, 0.1) is 17.0 Å². The number of piperidine rings is 1. The normalized spacial score (nSPS) is 18.8. The van der Waals surface area contributed by atoms with Crippen LogP contribution >= 0.6 is 11.6 Å². The number of rotatable bonds is 7. The molecule has 8 heteroatoms. The van der Waals surface area contributed by atoms with Crippen LogP contribution in [0.25, 0.3) is 0 Å². The van der Waals surface area contributed by atoms with E-state index in [1.807, 2.05) is 0 Å². The number of amides is 2.